The molecule has 0 radical (unpaired) electrons. The smallest absolute Gasteiger partial charge is 0.337 e. The van der Waals surface area contributed by atoms with Crippen molar-refractivity contribution in [2.45, 2.75) is 19.5 Å². The van der Waals surface area contributed by atoms with E-state index < -0.39 is 0 Å². The van der Waals surface area contributed by atoms with E-state index in [2.05, 4.69) is 5.10 Å². The van der Waals surface area contributed by atoms with Crippen LogP contribution in [0.4, 0.5) is 4.79 Å². The number of hydrogen-bond acceptors (Lipinski definition) is 3. The fourth-order valence-electron chi connectivity index (χ4n) is 3.51. The van der Waals surface area contributed by atoms with Gasteiger partial charge in [0, 0.05) is 33.1 Å². The van der Waals surface area contributed by atoms with Crippen LogP contribution in [-0.4, -0.2) is 45.1 Å². The summed E-state index contributed by atoms with van der Waals surface area (Å²) in [5, 5.41) is 4.22. The monoisotopic (exact) mass is 374 g/mol. The molecule has 2 amide bonds. The van der Waals surface area contributed by atoms with E-state index >= 15 is 0 Å². The molecule has 0 N–H and O–H groups in total. The van der Waals surface area contributed by atoms with Gasteiger partial charge in [0.15, 0.2) is 0 Å². The minimum atomic E-state index is -0.185. The van der Waals surface area contributed by atoms with Crippen LogP contribution in [0.5, 0.6) is 0 Å². The molecule has 1 aliphatic rings. The number of benzene rings is 2. The summed E-state index contributed by atoms with van der Waals surface area (Å²) in [6, 6.07) is 19.5. The first-order valence-electron chi connectivity index (χ1n) is 9.33. The molecular weight excluding hydrogens is 352 g/mol. The van der Waals surface area contributed by atoms with Crippen LogP contribution in [-0.2, 0) is 19.5 Å². The molecule has 0 fully saturated rings. The Morgan fingerprint density at radius 2 is 1.68 bits per heavy atom. The fourth-order valence-corrected chi connectivity index (χ4v) is 3.51. The zero-order valence-corrected chi connectivity index (χ0v) is 15.8. The highest BCUT2D eigenvalue weighted by Crippen LogP contribution is 2.20. The quantitative estimate of drug-likeness (QED) is 0.689. The van der Waals surface area contributed by atoms with E-state index in [4.69, 9.17) is 0 Å². The summed E-state index contributed by atoms with van der Waals surface area (Å²) in [4.78, 5) is 29.2. The highest BCUT2D eigenvalue weighted by atomic mass is 16.2. The number of aromatic nitrogens is 2. The molecule has 0 unspecified atom stereocenters. The van der Waals surface area contributed by atoms with Crippen molar-refractivity contribution in [1.82, 2.24) is 19.6 Å². The minimum absolute atomic E-state index is 0.116. The van der Waals surface area contributed by atoms with Gasteiger partial charge in [0.1, 0.15) is 0 Å². The molecule has 6 heteroatoms. The lowest BCUT2D eigenvalue weighted by Gasteiger charge is -2.28. The Bertz CT molecular complexity index is 982. The van der Waals surface area contributed by atoms with Crippen molar-refractivity contribution in [2.75, 3.05) is 13.6 Å². The van der Waals surface area contributed by atoms with E-state index in [0.29, 0.717) is 37.3 Å². The Hall–Kier alpha value is -3.41. The van der Waals surface area contributed by atoms with Crippen LogP contribution < -0.4 is 0 Å². The lowest BCUT2D eigenvalue weighted by atomic mass is 10.1. The number of amides is 2. The van der Waals surface area contributed by atoms with Crippen LogP contribution in [0.1, 0.15) is 27.2 Å². The summed E-state index contributed by atoms with van der Waals surface area (Å²) >= 11 is 0. The molecule has 28 heavy (non-hydrogen) atoms. The molecule has 0 spiro atoms. The van der Waals surface area contributed by atoms with Crippen LogP contribution in [0.3, 0.4) is 0 Å². The highest BCUT2D eigenvalue weighted by Gasteiger charge is 2.30. The van der Waals surface area contributed by atoms with Crippen LogP contribution in [0.25, 0.3) is 0 Å². The second kappa shape index (κ2) is 7.68. The summed E-state index contributed by atoms with van der Waals surface area (Å²) in [5.41, 5.74) is 3.33. The van der Waals surface area contributed by atoms with Gasteiger partial charge in [0.05, 0.1) is 17.5 Å². The van der Waals surface area contributed by atoms with Crippen LogP contribution in [0.15, 0.2) is 66.9 Å². The lowest BCUT2D eigenvalue weighted by molar-refractivity contribution is 0.0783. The van der Waals surface area contributed by atoms with Gasteiger partial charge in [0.2, 0.25) is 0 Å². The third kappa shape index (κ3) is 3.53. The zero-order chi connectivity index (χ0) is 19.5. The average Bonchev–Trinajstić information content (AvgIpc) is 3.16. The standard InChI is InChI=1S/C22H22N4O2/c1-24(15-17-8-4-2-5-9-17)21(27)19-14-23-26-20(19)12-13-25(22(26)28)16-18-10-6-3-7-11-18/h2-11,14H,12-13,15-16H2,1H3. The van der Waals surface area contributed by atoms with Gasteiger partial charge in [-0.2, -0.15) is 9.78 Å². The van der Waals surface area contributed by atoms with Gasteiger partial charge in [-0.3, -0.25) is 4.79 Å². The number of carbonyl (C=O) groups excluding carboxylic acids is 2. The highest BCUT2D eigenvalue weighted by molar-refractivity contribution is 5.96. The predicted octanol–water partition coefficient (Wildman–Crippen LogP) is 3.18. The van der Waals surface area contributed by atoms with Crippen molar-refractivity contribution in [3.8, 4) is 0 Å². The molecule has 0 atom stereocenters. The van der Waals surface area contributed by atoms with E-state index in [1.807, 2.05) is 60.7 Å². The Balaban J connectivity index is 1.50. The second-order valence-electron chi connectivity index (χ2n) is 7.00. The fraction of sp³-hybridized carbons (Fsp3) is 0.227. The Morgan fingerprint density at radius 1 is 1.04 bits per heavy atom. The SMILES string of the molecule is CN(Cc1ccccc1)C(=O)c1cnn2c1CCN(Cc1ccccc1)C2=O. The molecule has 142 valence electrons. The van der Waals surface area contributed by atoms with Gasteiger partial charge in [-0.25, -0.2) is 4.79 Å². The topological polar surface area (TPSA) is 58.4 Å². The molecule has 2 heterocycles. The van der Waals surface area contributed by atoms with Gasteiger partial charge < -0.3 is 9.80 Å². The molecule has 4 rings (SSSR count). The molecule has 0 bridgehead atoms. The molecule has 3 aromatic rings. The first-order chi connectivity index (χ1) is 13.6. The van der Waals surface area contributed by atoms with Crippen molar-refractivity contribution >= 4 is 11.9 Å². The third-order valence-corrected chi connectivity index (χ3v) is 5.00. The Labute approximate surface area is 164 Å². The van der Waals surface area contributed by atoms with Gasteiger partial charge in [-0.15, -0.1) is 0 Å². The van der Waals surface area contributed by atoms with Crippen LogP contribution in [0.2, 0.25) is 0 Å². The molecule has 0 saturated heterocycles. The number of nitrogens with zero attached hydrogens (tertiary/aromatic N) is 4. The largest absolute Gasteiger partial charge is 0.345 e. The maximum absolute atomic E-state index is 12.9. The van der Waals surface area contributed by atoms with E-state index in [9.17, 15) is 9.59 Å². The summed E-state index contributed by atoms with van der Waals surface area (Å²) in [5.74, 6) is -0.116. The Morgan fingerprint density at radius 3 is 2.36 bits per heavy atom. The molecular formula is C22H22N4O2. The van der Waals surface area contributed by atoms with E-state index in [1.165, 1.54) is 10.9 Å². The van der Waals surface area contributed by atoms with Gasteiger partial charge in [0.25, 0.3) is 5.91 Å². The zero-order valence-electron chi connectivity index (χ0n) is 15.8. The number of hydrogen-bond donors (Lipinski definition) is 0. The van der Waals surface area contributed by atoms with Crippen molar-refractivity contribution in [3.05, 3.63) is 89.2 Å². The minimum Gasteiger partial charge on any atom is -0.337 e. The van der Waals surface area contributed by atoms with E-state index in [-0.39, 0.29) is 11.9 Å². The maximum Gasteiger partial charge on any atom is 0.345 e. The van der Waals surface area contributed by atoms with Crippen molar-refractivity contribution < 1.29 is 9.59 Å². The van der Waals surface area contributed by atoms with Gasteiger partial charge in [-0.1, -0.05) is 60.7 Å². The first kappa shape index (κ1) is 18.0. The summed E-state index contributed by atoms with van der Waals surface area (Å²) in [6.07, 6.45) is 2.13. The van der Waals surface area contributed by atoms with E-state index in [1.54, 1.807) is 16.8 Å². The Kier molecular flexibility index (Phi) is 4.93. The van der Waals surface area contributed by atoms with Crippen molar-refractivity contribution in [2.24, 2.45) is 0 Å². The van der Waals surface area contributed by atoms with Crippen molar-refractivity contribution in [1.29, 1.82) is 0 Å². The van der Waals surface area contributed by atoms with E-state index in [0.717, 1.165) is 11.1 Å². The van der Waals surface area contributed by atoms with Crippen molar-refractivity contribution in [3.63, 3.8) is 0 Å². The predicted molar refractivity (Wildman–Crippen MR) is 106 cm³/mol. The lowest BCUT2D eigenvalue weighted by Crippen LogP contribution is -2.42. The molecule has 1 aliphatic heterocycles. The van der Waals surface area contributed by atoms with Crippen LogP contribution in [0, 0.1) is 0 Å². The molecule has 2 aromatic carbocycles. The number of fused-ring (bicyclic) bond motifs is 1. The summed E-state index contributed by atoms with van der Waals surface area (Å²) in [7, 11) is 1.77. The molecule has 6 nitrogen and oxygen atoms in total. The number of rotatable bonds is 5. The maximum atomic E-state index is 12.9. The van der Waals surface area contributed by atoms with Crippen LogP contribution >= 0.6 is 0 Å². The average molecular weight is 374 g/mol. The molecule has 1 aromatic heterocycles. The molecule has 0 saturated carbocycles. The summed E-state index contributed by atoms with van der Waals surface area (Å²) in [6.45, 7) is 1.62. The third-order valence-electron chi connectivity index (χ3n) is 5.00. The molecule has 0 aliphatic carbocycles. The first-order valence-corrected chi connectivity index (χ1v) is 9.33. The second-order valence-corrected chi connectivity index (χ2v) is 7.00. The normalized spacial score (nSPS) is 13.3. The number of carbonyl (C=O) groups is 2. The van der Waals surface area contributed by atoms with Gasteiger partial charge in [-0.05, 0) is 11.1 Å². The summed E-state index contributed by atoms with van der Waals surface area (Å²) < 4.78 is 1.37. The van der Waals surface area contributed by atoms with Gasteiger partial charge >= 0.3 is 6.03 Å².